The van der Waals surface area contributed by atoms with E-state index in [9.17, 15) is 0 Å². The molecule has 0 aliphatic carbocycles. The molecule has 0 saturated carbocycles. The molecular formula is C22H21N5S. The number of hydrogen-bond acceptors (Lipinski definition) is 5. The van der Waals surface area contributed by atoms with E-state index in [1.54, 1.807) is 29.9 Å². The Morgan fingerprint density at radius 1 is 1.11 bits per heavy atom. The zero-order valence-electron chi connectivity index (χ0n) is 16.1. The fourth-order valence-corrected chi connectivity index (χ4v) is 3.54. The predicted octanol–water partition coefficient (Wildman–Crippen LogP) is 4.71. The van der Waals surface area contributed by atoms with Gasteiger partial charge in [-0.15, -0.1) is 11.3 Å². The van der Waals surface area contributed by atoms with Gasteiger partial charge in [0.25, 0.3) is 0 Å². The Hall–Kier alpha value is -3.17. The van der Waals surface area contributed by atoms with E-state index in [0.29, 0.717) is 0 Å². The summed E-state index contributed by atoms with van der Waals surface area (Å²) in [6, 6.07) is 9.84. The van der Waals surface area contributed by atoms with Gasteiger partial charge in [-0.3, -0.25) is 9.38 Å². The van der Waals surface area contributed by atoms with Gasteiger partial charge in [0.2, 0.25) is 0 Å². The Balaban J connectivity index is 1.69. The number of fused-ring (bicyclic) bond motifs is 1. The Bertz CT molecular complexity index is 1160. The largest absolute Gasteiger partial charge is 0.369 e. The molecule has 4 aromatic rings. The van der Waals surface area contributed by atoms with Crippen molar-refractivity contribution in [2.75, 3.05) is 11.9 Å². The summed E-state index contributed by atoms with van der Waals surface area (Å²) in [6.07, 6.45) is 7.24. The van der Waals surface area contributed by atoms with Crippen LogP contribution >= 0.6 is 11.3 Å². The van der Waals surface area contributed by atoms with E-state index in [1.165, 1.54) is 0 Å². The lowest BCUT2D eigenvalue weighted by Crippen LogP contribution is -2.20. The highest BCUT2D eigenvalue weighted by Gasteiger charge is 2.18. The highest BCUT2D eigenvalue weighted by atomic mass is 32.1. The third kappa shape index (κ3) is 4.05. The second-order valence-corrected chi connectivity index (χ2v) is 8.74. The Morgan fingerprint density at radius 3 is 2.79 bits per heavy atom. The van der Waals surface area contributed by atoms with Crippen LogP contribution in [0.3, 0.4) is 0 Å². The zero-order chi connectivity index (χ0) is 19.6. The quantitative estimate of drug-likeness (QED) is 0.517. The van der Waals surface area contributed by atoms with Crippen molar-refractivity contribution >= 4 is 22.8 Å². The summed E-state index contributed by atoms with van der Waals surface area (Å²) < 4.78 is 2.05. The molecule has 0 bridgehead atoms. The summed E-state index contributed by atoms with van der Waals surface area (Å²) in [5.41, 5.74) is 2.67. The molecule has 0 atom stereocenters. The molecule has 0 unspecified atom stereocenters. The number of aromatic nitrogens is 4. The van der Waals surface area contributed by atoms with Gasteiger partial charge in [0.15, 0.2) is 5.65 Å². The van der Waals surface area contributed by atoms with Crippen LogP contribution in [-0.2, 0) is 0 Å². The van der Waals surface area contributed by atoms with E-state index < -0.39 is 0 Å². The maximum absolute atomic E-state index is 4.80. The van der Waals surface area contributed by atoms with E-state index in [4.69, 9.17) is 4.98 Å². The molecule has 0 saturated heterocycles. The highest BCUT2D eigenvalue weighted by Crippen LogP contribution is 2.34. The van der Waals surface area contributed by atoms with Crippen LogP contribution in [0.2, 0.25) is 0 Å². The first-order chi connectivity index (χ1) is 13.5. The lowest BCUT2D eigenvalue weighted by molar-refractivity contribution is 0.442. The molecule has 5 nitrogen and oxygen atoms in total. The number of nitrogens with one attached hydrogen (secondary N) is 1. The molecule has 0 amide bonds. The van der Waals surface area contributed by atoms with Crippen LogP contribution in [0.1, 0.15) is 31.3 Å². The normalized spacial score (nSPS) is 11.2. The third-order valence-corrected chi connectivity index (χ3v) is 5.04. The first kappa shape index (κ1) is 18.2. The summed E-state index contributed by atoms with van der Waals surface area (Å²) in [7, 11) is 0. The molecule has 4 heterocycles. The molecule has 1 N–H and O–H groups in total. The number of hydrogen-bond donors (Lipinski definition) is 1. The van der Waals surface area contributed by atoms with Crippen molar-refractivity contribution in [3.63, 3.8) is 0 Å². The van der Waals surface area contributed by atoms with Crippen LogP contribution in [0.4, 0.5) is 5.82 Å². The topological polar surface area (TPSA) is 55.1 Å². The fraction of sp³-hybridized carbons (Fsp3) is 0.227. The fourth-order valence-electron chi connectivity index (χ4n) is 2.69. The smallest absolute Gasteiger partial charge is 0.157 e. The summed E-state index contributed by atoms with van der Waals surface area (Å²) in [5, 5.41) is 3.58. The first-order valence-corrected chi connectivity index (χ1v) is 9.90. The molecule has 140 valence electrons. The van der Waals surface area contributed by atoms with Crippen molar-refractivity contribution in [3.8, 4) is 22.4 Å². The lowest BCUT2D eigenvalue weighted by Gasteiger charge is -2.19. The molecular weight excluding hydrogens is 366 g/mol. The van der Waals surface area contributed by atoms with E-state index in [1.807, 2.05) is 34.9 Å². The Labute approximate surface area is 168 Å². The minimum Gasteiger partial charge on any atom is -0.369 e. The van der Waals surface area contributed by atoms with Gasteiger partial charge >= 0.3 is 0 Å². The average Bonchev–Trinajstić information content (AvgIpc) is 3.29. The van der Waals surface area contributed by atoms with Crippen LogP contribution in [0.5, 0.6) is 0 Å². The summed E-state index contributed by atoms with van der Waals surface area (Å²) in [6.45, 7) is 7.47. The monoisotopic (exact) mass is 387 g/mol. The van der Waals surface area contributed by atoms with E-state index >= 15 is 0 Å². The van der Waals surface area contributed by atoms with E-state index in [-0.39, 0.29) is 5.41 Å². The van der Waals surface area contributed by atoms with Gasteiger partial charge in [0.1, 0.15) is 17.2 Å². The molecule has 28 heavy (non-hydrogen) atoms. The van der Waals surface area contributed by atoms with Crippen LogP contribution in [0, 0.1) is 17.3 Å². The van der Waals surface area contributed by atoms with Crippen molar-refractivity contribution in [3.05, 3.63) is 65.7 Å². The molecule has 0 aliphatic rings. The van der Waals surface area contributed by atoms with E-state index in [0.717, 1.165) is 39.2 Å². The second kappa shape index (κ2) is 7.45. The van der Waals surface area contributed by atoms with Gasteiger partial charge in [0, 0.05) is 25.1 Å². The van der Waals surface area contributed by atoms with Crippen molar-refractivity contribution < 1.29 is 0 Å². The Morgan fingerprint density at radius 2 is 2.00 bits per heavy atom. The van der Waals surface area contributed by atoms with Crippen LogP contribution in [0.25, 0.3) is 16.2 Å². The van der Waals surface area contributed by atoms with Crippen molar-refractivity contribution in [1.82, 2.24) is 19.4 Å². The summed E-state index contributed by atoms with van der Waals surface area (Å²) in [5.74, 6) is 7.29. The van der Waals surface area contributed by atoms with Gasteiger partial charge in [-0.1, -0.05) is 26.8 Å². The van der Waals surface area contributed by atoms with Crippen molar-refractivity contribution in [2.45, 2.75) is 20.8 Å². The summed E-state index contributed by atoms with van der Waals surface area (Å²) >= 11 is 1.63. The highest BCUT2D eigenvalue weighted by molar-refractivity contribution is 7.16. The molecule has 6 heteroatoms. The average molecular weight is 388 g/mol. The number of nitrogens with zero attached hydrogens (tertiary/aromatic N) is 4. The number of thiophene rings is 1. The Kier molecular flexibility index (Phi) is 4.84. The SMILES string of the molecule is CC(C)(C)CNc1c(-c2ccc(C#Cc3ccccn3)s2)nc2cnccn12. The maximum atomic E-state index is 4.80. The molecule has 0 aliphatic heterocycles. The van der Waals surface area contributed by atoms with Crippen LogP contribution < -0.4 is 5.32 Å². The molecule has 0 aromatic carbocycles. The second-order valence-electron chi connectivity index (χ2n) is 7.66. The first-order valence-electron chi connectivity index (χ1n) is 9.09. The van der Waals surface area contributed by atoms with Gasteiger partial charge < -0.3 is 5.32 Å². The molecule has 4 rings (SSSR count). The molecule has 0 spiro atoms. The molecule has 0 fully saturated rings. The number of pyridine rings is 1. The molecule has 0 radical (unpaired) electrons. The van der Waals surface area contributed by atoms with Crippen molar-refractivity contribution in [1.29, 1.82) is 0 Å². The van der Waals surface area contributed by atoms with Gasteiger partial charge in [-0.25, -0.2) is 9.97 Å². The predicted molar refractivity (Wildman–Crippen MR) is 114 cm³/mol. The van der Waals surface area contributed by atoms with E-state index in [2.05, 4.69) is 54.0 Å². The molecule has 4 aromatic heterocycles. The van der Waals surface area contributed by atoms with Gasteiger partial charge in [-0.05, 0) is 41.5 Å². The van der Waals surface area contributed by atoms with Crippen molar-refractivity contribution in [2.24, 2.45) is 5.41 Å². The van der Waals surface area contributed by atoms with Gasteiger partial charge in [-0.2, -0.15) is 0 Å². The van der Waals surface area contributed by atoms with Crippen LogP contribution in [-0.4, -0.2) is 25.9 Å². The minimum atomic E-state index is 0.156. The number of rotatable bonds is 3. The zero-order valence-corrected chi connectivity index (χ0v) is 16.9. The lowest BCUT2D eigenvalue weighted by atomic mass is 9.97. The minimum absolute atomic E-state index is 0.156. The standard InChI is InChI=1S/C22H21N5S/c1-22(2,3)15-25-21-20(26-19-14-23-12-13-27(19)21)18-10-9-17(28-18)8-7-16-6-4-5-11-24-16/h4-6,9-14,25H,15H2,1-3H3. The maximum Gasteiger partial charge on any atom is 0.157 e. The summed E-state index contributed by atoms with van der Waals surface area (Å²) in [4.78, 5) is 15.3. The van der Waals surface area contributed by atoms with Gasteiger partial charge in [0.05, 0.1) is 16.0 Å². The number of imidazole rings is 1. The van der Waals surface area contributed by atoms with Crippen LogP contribution in [0.15, 0.2) is 55.1 Å². The third-order valence-electron chi connectivity index (χ3n) is 4.03. The number of anilines is 1.